The van der Waals surface area contributed by atoms with Crippen LogP contribution in [0.25, 0.3) is 10.9 Å². The van der Waals surface area contributed by atoms with Gasteiger partial charge in [0.1, 0.15) is 11.5 Å². The molecule has 9 nitrogen and oxygen atoms in total. The monoisotopic (exact) mass is 494 g/mol. The zero-order valence-electron chi connectivity index (χ0n) is 20.5. The standard InChI is InChI=1S/C27H34N4O5/c1-36-24-5-3-2-4-18(24)16-29-25(34)12-15-31-13-10-19(11-14-31)28-17-23(33)20-6-8-22(32)27-21(20)7-9-26(35)30-27/h2-9,19,23,28,32-33H,10-17H2,1H3,(H,29,34)(H,30,35). The van der Waals surface area contributed by atoms with E-state index in [0.717, 1.165) is 37.2 Å². The number of pyridine rings is 1. The van der Waals surface area contributed by atoms with Gasteiger partial charge in [-0.3, -0.25) is 9.59 Å². The van der Waals surface area contributed by atoms with E-state index in [-0.39, 0.29) is 23.3 Å². The minimum atomic E-state index is -0.774. The average molecular weight is 495 g/mol. The summed E-state index contributed by atoms with van der Waals surface area (Å²) in [4.78, 5) is 28.8. The van der Waals surface area contributed by atoms with E-state index in [2.05, 4.69) is 20.5 Å². The molecule has 5 N–H and O–H groups in total. The van der Waals surface area contributed by atoms with Gasteiger partial charge in [-0.2, -0.15) is 0 Å². The summed E-state index contributed by atoms with van der Waals surface area (Å²) in [6, 6.07) is 14.1. The molecule has 1 atom stereocenters. The number of phenolic OH excluding ortho intramolecular Hbond substituents is 1. The number of aromatic amines is 1. The number of nitrogens with one attached hydrogen (secondary N) is 3. The molecule has 2 aromatic carbocycles. The normalized spacial score (nSPS) is 15.6. The fraction of sp³-hybridized carbons (Fsp3) is 0.407. The minimum Gasteiger partial charge on any atom is -0.506 e. The molecule has 1 saturated heterocycles. The maximum Gasteiger partial charge on any atom is 0.248 e. The number of amides is 1. The van der Waals surface area contributed by atoms with Gasteiger partial charge in [0, 0.05) is 49.1 Å². The molecule has 1 amide bonds. The smallest absolute Gasteiger partial charge is 0.248 e. The molecular formula is C27H34N4O5. The Hall–Kier alpha value is -3.40. The van der Waals surface area contributed by atoms with Crippen LogP contribution in [0.3, 0.4) is 0 Å². The summed E-state index contributed by atoms with van der Waals surface area (Å²) in [7, 11) is 1.62. The van der Waals surface area contributed by atoms with Gasteiger partial charge < -0.3 is 35.5 Å². The molecule has 1 unspecified atom stereocenters. The van der Waals surface area contributed by atoms with E-state index in [1.165, 1.54) is 12.1 Å². The fourth-order valence-electron chi connectivity index (χ4n) is 4.69. The van der Waals surface area contributed by atoms with E-state index >= 15 is 0 Å². The van der Waals surface area contributed by atoms with E-state index in [1.54, 1.807) is 19.2 Å². The molecule has 2 heterocycles. The van der Waals surface area contributed by atoms with E-state index < -0.39 is 6.10 Å². The number of aliphatic hydroxyl groups excluding tert-OH is 1. The van der Waals surface area contributed by atoms with Crippen molar-refractivity contribution in [3.63, 3.8) is 0 Å². The average Bonchev–Trinajstić information content (AvgIpc) is 2.90. The maximum absolute atomic E-state index is 12.3. The highest BCUT2D eigenvalue weighted by molar-refractivity contribution is 5.87. The number of fused-ring (bicyclic) bond motifs is 1. The number of H-pyrrole nitrogens is 1. The van der Waals surface area contributed by atoms with Crippen molar-refractivity contribution in [1.29, 1.82) is 0 Å². The molecule has 0 saturated carbocycles. The van der Waals surface area contributed by atoms with Gasteiger partial charge in [-0.25, -0.2) is 0 Å². The lowest BCUT2D eigenvalue weighted by Gasteiger charge is -2.32. The van der Waals surface area contributed by atoms with Gasteiger partial charge in [-0.05, 0) is 49.7 Å². The topological polar surface area (TPSA) is 127 Å². The summed E-state index contributed by atoms with van der Waals surface area (Å²) in [5.74, 6) is 0.769. The summed E-state index contributed by atoms with van der Waals surface area (Å²) in [6.45, 7) is 3.30. The van der Waals surface area contributed by atoms with Crippen molar-refractivity contribution in [3.8, 4) is 11.5 Å². The molecule has 0 spiro atoms. The second-order valence-corrected chi connectivity index (χ2v) is 9.16. The van der Waals surface area contributed by atoms with Gasteiger partial charge >= 0.3 is 0 Å². The molecular weight excluding hydrogens is 460 g/mol. The predicted molar refractivity (Wildman–Crippen MR) is 138 cm³/mol. The minimum absolute atomic E-state index is 0.0201. The number of methoxy groups -OCH3 is 1. The third-order valence-electron chi connectivity index (χ3n) is 6.78. The number of para-hydroxylation sites is 1. The number of benzene rings is 2. The van der Waals surface area contributed by atoms with Crippen molar-refractivity contribution in [3.05, 3.63) is 70.0 Å². The van der Waals surface area contributed by atoms with Crippen LogP contribution in [-0.2, 0) is 11.3 Å². The first-order valence-electron chi connectivity index (χ1n) is 12.3. The molecule has 36 heavy (non-hydrogen) atoms. The predicted octanol–water partition coefficient (Wildman–Crippen LogP) is 2.04. The van der Waals surface area contributed by atoms with Crippen molar-refractivity contribution in [2.24, 2.45) is 0 Å². The van der Waals surface area contributed by atoms with Crippen molar-refractivity contribution in [2.75, 3.05) is 33.3 Å². The van der Waals surface area contributed by atoms with Crippen LogP contribution in [-0.4, -0.2) is 65.3 Å². The third kappa shape index (κ3) is 6.42. The number of aromatic hydroxyl groups is 1. The molecule has 9 heteroatoms. The van der Waals surface area contributed by atoms with Gasteiger partial charge in [0.15, 0.2) is 0 Å². The van der Waals surface area contributed by atoms with Crippen LogP contribution in [0.4, 0.5) is 0 Å². The first-order chi connectivity index (χ1) is 17.4. The van der Waals surface area contributed by atoms with E-state index in [9.17, 15) is 19.8 Å². The van der Waals surface area contributed by atoms with Gasteiger partial charge in [-0.15, -0.1) is 0 Å². The fourth-order valence-corrected chi connectivity index (χ4v) is 4.69. The largest absolute Gasteiger partial charge is 0.506 e. The second-order valence-electron chi connectivity index (χ2n) is 9.16. The second kappa shape index (κ2) is 12.0. The molecule has 0 aliphatic carbocycles. The zero-order valence-corrected chi connectivity index (χ0v) is 20.5. The lowest BCUT2D eigenvalue weighted by Crippen LogP contribution is -2.44. The lowest BCUT2D eigenvalue weighted by atomic mass is 10.0. The van der Waals surface area contributed by atoms with Gasteiger partial charge in [0.2, 0.25) is 11.5 Å². The quantitative estimate of drug-likeness (QED) is 0.292. The number of hydrogen-bond acceptors (Lipinski definition) is 7. The van der Waals surface area contributed by atoms with Crippen LogP contribution in [0.2, 0.25) is 0 Å². The molecule has 4 rings (SSSR count). The summed E-state index contributed by atoms with van der Waals surface area (Å²) in [5, 5.41) is 27.9. The van der Waals surface area contributed by atoms with Crippen LogP contribution in [0.1, 0.15) is 36.5 Å². The highest BCUT2D eigenvalue weighted by Gasteiger charge is 2.21. The number of carbonyl (C=O) groups is 1. The van der Waals surface area contributed by atoms with Crippen LogP contribution in [0.15, 0.2) is 53.3 Å². The Balaban J connectivity index is 1.19. The molecule has 1 aliphatic heterocycles. The molecule has 192 valence electrons. The number of ether oxygens (including phenoxy) is 1. The molecule has 1 fully saturated rings. The number of aliphatic hydroxyl groups is 1. The first kappa shape index (κ1) is 25.7. The Labute approximate surface area is 210 Å². The molecule has 1 aliphatic rings. The number of carbonyl (C=O) groups excluding carboxylic acids is 1. The van der Waals surface area contributed by atoms with Crippen LogP contribution in [0.5, 0.6) is 11.5 Å². The maximum atomic E-state index is 12.3. The SMILES string of the molecule is COc1ccccc1CNC(=O)CCN1CCC(NCC(O)c2ccc(O)c3[nH]c(=O)ccc23)CC1. The van der Waals surface area contributed by atoms with Crippen LogP contribution in [0, 0.1) is 0 Å². The Kier molecular flexibility index (Phi) is 8.58. The number of phenols is 1. The summed E-state index contributed by atoms with van der Waals surface area (Å²) < 4.78 is 5.33. The number of piperidine rings is 1. The first-order valence-corrected chi connectivity index (χ1v) is 12.3. The van der Waals surface area contributed by atoms with E-state index in [0.29, 0.717) is 42.5 Å². The summed E-state index contributed by atoms with van der Waals surface area (Å²) >= 11 is 0. The number of aromatic nitrogens is 1. The third-order valence-corrected chi connectivity index (χ3v) is 6.78. The van der Waals surface area contributed by atoms with Crippen LogP contribution < -0.4 is 20.9 Å². The Morgan fingerprint density at radius 2 is 1.94 bits per heavy atom. The van der Waals surface area contributed by atoms with Crippen molar-refractivity contribution >= 4 is 16.8 Å². The number of rotatable bonds is 10. The summed E-state index contributed by atoms with van der Waals surface area (Å²) in [5.41, 5.74) is 1.64. The number of likely N-dealkylation sites (tertiary alicyclic amines) is 1. The number of nitrogens with zero attached hydrogens (tertiary/aromatic N) is 1. The summed E-state index contributed by atoms with van der Waals surface area (Å²) in [6.07, 6.45) is 1.53. The molecule has 0 radical (unpaired) electrons. The van der Waals surface area contributed by atoms with E-state index in [1.807, 2.05) is 24.3 Å². The highest BCUT2D eigenvalue weighted by Crippen LogP contribution is 2.28. The van der Waals surface area contributed by atoms with Gasteiger partial charge in [0.05, 0.1) is 18.7 Å². The molecule has 1 aromatic heterocycles. The lowest BCUT2D eigenvalue weighted by molar-refractivity contribution is -0.121. The Morgan fingerprint density at radius 1 is 1.17 bits per heavy atom. The van der Waals surface area contributed by atoms with Gasteiger partial charge in [-0.1, -0.05) is 24.3 Å². The number of hydrogen-bond donors (Lipinski definition) is 5. The Morgan fingerprint density at radius 3 is 2.72 bits per heavy atom. The highest BCUT2D eigenvalue weighted by atomic mass is 16.5. The van der Waals surface area contributed by atoms with Crippen molar-refractivity contribution in [2.45, 2.75) is 38.0 Å². The zero-order chi connectivity index (χ0) is 25.5. The van der Waals surface area contributed by atoms with Gasteiger partial charge in [0.25, 0.3) is 0 Å². The molecule has 3 aromatic rings. The Bertz CT molecular complexity index is 1240. The molecule has 0 bridgehead atoms. The van der Waals surface area contributed by atoms with E-state index in [4.69, 9.17) is 4.74 Å². The van der Waals surface area contributed by atoms with Crippen molar-refractivity contribution in [1.82, 2.24) is 20.5 Å². The van der Waals surface area contributed by atoms with Crippen LogP contribution >= 0.6 is 0 Å². The van der Waals surface area contributed by atoms with Crippen molar-refractivity contribution < 1.29 is 19.7 Å².